The third kappa shape index (κ3) is 2.83. The number of aromatic nitrogens is 1. The first-order valence-electron chi connectivity index (χ1n) is 5.09. The van der Waals surface area contributed by atoms with Crippen LogP contribution in [-0.4, -0.2) is 4.98 Å². The van der Waals surface area contributed by atoms with Crippen LogP contribution in [0.2, 0.25) is 0 Å². The zero-order valence-corrected chi connectivity index (χ0v) is 11.6. The molecular weight excluding hydrogens is 284 g/mol. The van der Waals surface area contributed by atoms with E-state index in [0.29, 0.717) is 0 Å². The highest BCUT2D eigenvalue weighted by Crippen LogP contribution is 2.22. The van der Waals surface area contributed by atoms with E-state index >= 15 is 0 Å². The van der Waals surface area contributed by atoms with E-state index in [9.17, 15) is 0 Å². The highest BCUT2D eigenvalue weighted by Gasteiger charge is 2.08. The number of nitrogens with one attached hydrogen (secondary N) is 1. The third-order valence-electron chi connectivity index (χ3n) is 2.31. The molecule has 0 aliphatic carbocycles. The van der Waals surface area contributed by atoms with Crippen molar-refractivity contribution in [3.8, 4) is 0 Å². The molecule has 1 unspecified atom stereocenters. The fourth-order valence-corrected chi connectivity index (χ4v) is 2.42. The van der Waals surface area contributed by atoms with E-state index in [1.165, 1.54) is 0 Å². The maximum absolute atomic E-state index is 4.47. The van der Waals surface area contributed by atoms with Crippen LogP contribution in [0.3, 0.4) is 0 Å². The Kier molecular flexibility index (Phi) is 3.61. The average Bonchev–Trinajstić information content (AvgIpc) is 2.68. The summed E-state index contributed by atoms with van der Waals surface area (Å²) in [4.78, 5) is 4.47. The number of nitrogens with zero attached hydrogens (tertiary/aromatic N) is 1. The fourth-order valence-electron chi connectivity index (χ4n) is 1.45. The molecule has 1 heterocycles. The Morgan fingerprint density at radius 2 is 2.00 bits per heavy atom. The van der Waals surface area contributed by atoms with Crippen molar-refractivity contribution in [3.63, 3.8) is 0 Å². The van der Waals surface area contributed by atoms with Crippen molar-refractivity contribution in [1.29, 1.82) is 0 Å². The second kappa shape index (κ2) is 4.97. The van der Waals surface area contributed by atoms with E-state index in [1.54, 1.807) is 11.3 Å². The van der Waals surface area contributed by atoms with Crippen LogP contribution in [0.4, 0.5) is 5.69 Å². The summed E-state index contributed by atoms with van der Waals surface area (Å²) in [5, 5.41) is 6.64. The minimum Gasteiger partial charge on any atom is -0.377 e. The van der Waals surface area contributed by atoms with Gasteiger partial charge in [-0.05, 0) is 38.1 Å². The Balaban J connectivity index is 2.07. The minimum atomic E-state index is 0.242. The topological polar surface area (TPSA) is 24.9 Å². The lowest BCUT2D eigenvalue weighted by molar-refractivity contribution is 0.845. The molecule has 2 rings (SSSR count). The third-order valence-corrected chi connectivity index (χ3v) is 3.63. The van der Waals surface area contributed by atoms with E-state index in [4.69, 9.17) is 0 Å². The standard InChI is InChI=1S/C12H13BrN2S/c1-8(12-7-16-9(2)15-12)14-11-5-3-10(13)4-6-11/h3-8,14H,1-2H3. The summed E-state index contributed by atoms with van der Waals surface area (Å²) in [5.41, 5.74) is 2.21. The number of hydrogen-bond donors (Lipinski definition) is 1. The molecule has 0 saturated carbocycles. The van der Waals surface area contributed by atoms with Gasteiger partial charge < -0.3 is 5.32 Å². The second-order valence-electron chi connectivity index (χ2n) is 3.66. The fraction of sp³-hybridized carbons (Fsp3) is 0.250. The van der Waals surface area contributed by atoms with Gasteiger partial charge in [0.1, 0.15) is 0 Å². The van der Waals surface area contributed by atoms with E-state index in [0.717, 1.165) is 20.9 Å². The van der Waals surface area contributed by atoms with E-state index < -0.39 is 0 Å². The van der Waals surface area contributed by atoms with Gasteiger partial charge in [-0.15, -0.1) is 11.3 Å². The lowest BCUT2D eigenvalue weighted by atomic mass is 10.2. The van der Waals surface area contributed by atoms with Crippen molar-refractivity contribution in [1.82, 2.24) is 4.98 Å². The van der Waals surface area contributed by atoms with E-state index in [-0.39, 0.29) is 6.04 Å². The summed E-state index contributed by atoms with van der Waals surface area (Å²) in [6, 6.07) is 8.41. The molecule has 1 N–H and O–H groups in total. The second-order valence-corrected chi connectivity index (χ2v) is 5.64. The summed E-state index contributed by atoms with van der Waals surface area (Å²) in [6.07, 6.45) is 0. The Morgan fingerprint density at radius 3 is 2.56 bits per heavy atom. The van der Waals surface area contributed by atoms with Crippen LogP contribution in [-0.2, 0) is 0 Å². The molecule has 1 atom stereocenters. The Hall–Kier alpha value is -0.870. The molecule has 0 amide bonds. The zero-order chi connectivity index (χ0) is 11.5. The zero-order valence-electron chi connectivity index (χ0n) is 9.20. The van der Waals surface area contributed by atoms with Crippen molar-refractivity contribution in [2.24, 2.45) is 0 Å². The normalized spacial score (nSPS) is 12.4. The van der Waals surface area contributed by atoms with Gasteiger partial charge >= 0.3 is 0 Å². The highest BCUT2D eigenvalue weighted by molar-refractivity contribution is 9.10. The van der Waals surface area contributed by atoms with Crippen LogP contribution in [0, 0.1) is 6.92 Å². The van der Waals surface area contributed by atoms with Gasteiger partial charge in [-0.2, -0.15) is 0 Å². The molecule has 2 nitrogen and oxygen atoms in total. The average molecular weight is 297 g/mol. The van der Waals surface area contributed by atoms with Gasteiger partial charge in [-0.1, -0.05) is 15.9 Å². The Bertz CT molecular complexity index is 464. The Morgan fingerprint density at radius 1 is 1.31 bits per heavy atom. The van der Waals surface area contributed by atoms with Crippen molar-refractivity contribution in [2.45, 2.75) is 19.9 Å². The molecule has 1 aromatic heterocycles. The molecule has 4 heteroatoms. The molecule has 2 aromatic rings. The molecule has 0 aliphatic heterocycles. The number of anilines is 1. The number of aryl methyl sites for hydroxylation is 1. The summed E-state index contributed by atoms with van der Waals surface area (Å²) in [5.74, 6) is 0. The van der Waals surface area contributed by atoms with Gasteiger partial charge in [0.25, 0.3) is 0 Å². The maximum atomic E-state index is 4.47. The predicted octanol–water partition coefficient (Wildman–Crippen LogP) is 4.39. The van der Waals surface area contributed by atoms with Gasteiger partial charge in [0.2, 0.25) is 0 Å². The lowest BCUT2D eigenvalue weighted by Crippen LogP contribution is -2.06. The van der Waals surface area contributed by atoms with E-state index in [2.05, 4.69) is 50.7 Å². The smallest absolute Gasteiger partial charge is 0.0898 e. The summed E-state index contributed by atoms with van der Waals surface area (Å²) in [7, 11) is 0. The molecule has 0 bridgehead atoms. The van der Waals surface area contributed by atoms with Crippen LogP contribution in [0.1, 0.15) is 23.7 Å². The van der Waals surface area contributed by atoms with Crippen LogP contribution >= 0.6 is 27.3 Å². The number of halogens is 1. The molecule has 84 valence electrons. The summed E-state index contributed by atoms with van der Waals surface area (Å²) in [6.45, 7) is 4.15. The predicted molar refractivity (Wildman–Crippen MR) is 73.0 cm³/mol. The van der Waals surface area contributed by atoms with Crippen molar-refractivity contribution in [2.75, 3.05) is 5.32 Å². The van der Waals surface area contributed by atoms with Crippen LogP contribution in [0.5, 0.6) is 0 Å². The summed E-state index contributed by atoms with van der Waals surface area (Å²) >= 11 is 5.11. The van der Waals surface area contributed by atoms with Gasteiger partial charge in [0.05, 0.1) is 16.7 Å². The molecule has 0 radical (unpaired) electrons. The number of benzene rings is 1. The van der Waals surface area contributed by atoms with Crippen LogP contribution < -0.4 is 5.32 Å². The summed E-state index contributed by atoms with van der Waals surface area (Å²) < 4.78 is 1.09. The number of thiazole rings is 1. The monoisotopic (exact) mass is 296 g/mol. The number of rotatable bonds is 3. The lowest BCUT2D eigenvalue weighted by Gasteiger charge is -2.12. The maximum Gasteiger partial charge on any atom is 0.0898 e. The highest BCUT2D eigenvalue weighted by atomic mass is 79.9. The quantitative estimate of drug-likeness (QED) is 0.909. The van der Waals surface area contributed by atoms with Crippen molar-refractivity contribution < 1.29 is 0 Å². The molecular formula is C12H13BrN2S. The first-order chi connectivity index (χ1) is 7.65. The SMILES string of the molecule is Cc1nc(C(C)Nc2ccc(Br)cc2)cs1. The van der Waals surface area contributed by atoms with Crippen molar-refractivity contribution in [3.05, 3.63) is 44.8 Å². The number of hydrogen-bond acceptors (Lipinski definition) is 3. The molecule has 0 saturated heterocycles. The molecule has 16 heavy (non-hydrogen) atoms. The largest absolute Gasteiger partial charge is 0.377 e. The van der Waals surface area contributed by atoms with Gasteiger partial charge in [-0.25, -0.2) is 4.98 Å². The Labute approximate surface area is 108 Å². The van der Waals surface area contributed by atoms with Crippen LogP contribution in [0.25, 0.3) is 0 Å². The first-order valence-corrected chi connectivity index (χ1v) is 6.76. The minimum absolute atomic E-state index is 0.242. The van der Waals surface area contributed by atoms with Gasteiger partial charge in [0, 0.05) is 15.5 Å². The molecule has 0 spiro atoms. The van der Waals surface area contributed by atoms with Gasteiger partial charge in [0.15, 0.2) is 0 Å². The van der Waals surface area contributed by atoms with Crippen LogP contribution in [0.15, 0.2) is 34.1 Å². The molecule has 1 aromatic carbocycles. The van der Waals surface area contributed by atoms with Gasteiger partial charge in [-0.3, -0.25) is 0 Å². The first kappa shape index (κ1) is 11.6. The van der Waals surface area contributed by atoms with Crippen molar-refractivity contribution >= 4 is 33.0 Å². The molecule has 0 fully saturated rings. The molecule has 0 aliphatic rings. The van der Waals surface area contributed by atoms with E-state index in [1.807, 2.05) is 19.1 Å².